The molecule has 2 unspecified atom stereocenters. The third kappa shape index (κ3) is 4.32. The van der Waals surface area contributed by atoms with Gasteiger partial charge in [-0.25, -0.2) is 0 Å². The second-order valence-corrected chi connectivity index (χ2v) is 6.13. The zero-order valence-corrected chi connectivity index (χ0v) is 12.7. The number of hydrogen-bond acceptors (Lipinski definition) is 2. The first-order valence-electron chi connectivity index (χ1n) is 7.65. The van der Waals surface area contributed by atoms with E-state index in [1.54, 1.807) is 0 Å². The van der Waals surface area contributed by atoms with E-state index in [4.69, 9.17) is 0 Å². The van der Waals surface area contributed by atoms with E-state index in [1.165, 1.54) is 30.5 Å². The van der Waals surface area contributed by atoms with Gasteiger partial charge in [0.2, 0.25) is 0 Å². The average Bonchev–Trinajstić information content (AvgIpc) is 2.42. The zero-order valence-electron chi connectivity index (χ0n) is 12.7. The minimum absolute atomic E-state index is 0.736. The largest absolute Gasteiger partial charge is 0.319 e. The van der Waals surface area contributed by atoms with Crippen LogP contribution >= 0.6 is 0 Å². The van der Waals surface area contributed by atoms with E-state index in [-0.39, 0.29) is 0 Å². The highest BCUT2D eigenvalue weighted by molar-refractivity contribution is 5.22. The molecule has 1 aromatic carbocycles. The van der Waals surface area contributed by atoms with Crippen LogP contribution in [0.3, 0.4) is 0 Å². The second kappa shape index (κ2) is 7.06. The lowest BCUT2D eigenvalue weighted by molar-refractivity contribution is 0.117. The van der Waals surface area contributed by atoms with Crippen molar-refractivity contribution in [3.05, 3.63) is 35.4 Å². The number of nitrogens with zero attached hydrogens (tertiary/aromatic N) is 1. The number of nitrogens with one attached hydrogen (secondary N) is 1. The van der Waals surface area contributed by atoms with Crippen LogP contribution in [-0.2, 0) is 13.0 Å². The van der Waals surface area contributed by atoms with Gasteiger partial charge in [0.05, 0.1) is 0 Å². The number of likely N-dealkylation sites (N-methyl/N-ethyl adjacent to an activating group) is 1. The van der Waals surface area contributed by atoms with Crippen LogP contribution in [0.1, 0.15) is 37.8 Å². The van der Waals surface area contributed by atoms with Gasteiger partial charge in [0.1, 0.15) is 0 Å². The topological polar surface area (TPSA) is 15.3 Å². The van der Waals surface area contributed by atoms with Crippen molar-refractivity contribution in [1.82, 2.24) is 10.2 Å². The third-order valence-electron chi connectivity index (χ3n) is 4.32. The predicted molar refractivity (Wildman–Crippen MR) is 82.3 cm³/mol. The molecule has 2 atom stereocenters. The lowest BCUT2D eigenvalue weighted by atomic mass is 9.94. The van der Waals surface area contributed by atoms with Crippen molar-refractivity contribution >= 4 is 0 Å². The van der Waals surface area contributed by atoms with Crippen molar-refractivity contribution in [3.63, 3.8) is 0 Å². The van der Waals surface area contributed by atoms with Crippen molar-refractivity contribution in [3.8, 4) is 0 Å². The number of likely N-dealkylation sites (tertiary alicyclic amines) is 1. The molecule has 2 nitrogen and oxygen atoms in total. The second-order valence-electron chi connectivity index (χ2n) is 6.13. The first-order chi connectivity index (χ1) is 9.19. The number of rotatable bonds is 5. The van der Waals surface area contributed by atoms with Crippen molar-refractivity contribution < 1.29 is 0 Å². The normalized spacial score (nSPS) is 24.6. The Hall–Kier alpha value is -0.860. The highest BCUT2D eigenvalue weighted by Gasteiger charge is 2.22. The molecule has 0 radical (unpaired) electrons. The lowest BCUT2D eigenvalue weighted by Crippen LogP contribution is -2.40. The SMILES string of the molecule is CNCCc1ccc(CN2CC(C)CCC2C)cc1. The maximum Gasteiger partial charge on any atom is 0.0236 e. The molecule has 0 aromatic heterocycles. The molecule has 1 aliphatic rings. The molecule has 0 saturated carbocycles. The average molecular weight is 260 g/mol. The number of benzene rings is 1. The van der Waals surface area contributed by atoms with Crippen LogP contribution < -0.4 is 5.32 Å². The summed E-state index contributed by atoms with van der Waals surface area (Å²) in [6.45, 7) is 8.16. The van der Waals surface area contributed by atoms with E-state index in [2.05, 4.69) is 48.3 Å². The van der Waals surface area contributed by atoms with Crippen LogP contribution in [0.4, 0.5) is 0 Å². The smallest absolute Gasteiger partial charge is 0.0236 e. The van der Waals surface area contributed by atoms with E-state index >= 15 is 0 Å². The Morgan fingerprint density at radius 2 is 1.79 bits per heavy atom. The molecule has 1 heterocycles. The monoisotopic (exact) mass is 260 g/mol. The van der Waals surface area contributed by atoms with Gasteiger partial charge in [-0.2, -0.15) is 0 Å². The van der Waals surface area contributed by atoms with Crippen molar-refractivity contribution in [2.24, 2.45) is 5.92 Å². The van der Waals surface area contributed by atoms with Crippen molar-refractivity contribution in [2.45, 2.75) is 45.7 Å². The van der Waals surface area contributed by atoms with Crippen LogP contribution in [0.2, 0.25) is 0 Å². The van der Waals surface area contributed by atoms with Gasteiger partial charge in [0.25, 0.3) is 0 Å². The summed E-state index contributed by atoms with van der Waals surface area (Å²) in [6.07, 6.45) is 3.86. The Morgan fingerprint density at radius 1 is 1.11 bits per heavy atom. The zero-order chi connectivity index (χ0) is 13.7. The molecule has 0 aliphatic carbocycles. The quantitative estimate of drug-likeness (QED) is 0.875. The van der Waals surface area contributed by atoms with Crippen LogP contribution in [0.25, 0.3) is 0 Å². The number of hydrogen-bond donors (Lipinski definition) is 1. The summed E-state index contributed by atoms with van der Waals surface area (Å²) in [5.74, 6) is 0.853. The first kappa shape index (κ1) is 14.5. The van der Waals surface area contributed by atoms with E-state index in [0.717, 1.165) is 31.5 Å². The molecule has 106 valence electrons. The molecule has 1 saturated heterocycles. The highest BCUT2D eigenvalue weighted by atomic mass is 15.2. The lowest BCUT2D eigenvalue weighted by Gasteiger charge is -2.36. The van der Waals surface area contributed by atoms with Crippen molar-refractivity contribution in [2.75, 3.05) is 20.1 Å². The summed E-state index contributed by atoms with van der Waals surface area (Å²) >= 11 is 0. The van der Waals surface area contributed by atoms with Gasteiger partial charge in [0, 0.05) is 19.1 Å². The van der Waals surface area contributed by atoms with Gasteiger partial charge in [-0.05, 0) is 56.8 Å². The Labute approximate surface area is 118 Å². The summed E-state index contributed by atoms with van der Waals surface area (Å²) in [4.78, 5) is 2.64. The van der Waals surface area contributed by atoms with E-state index < -0.39 is 0 Å². The molecule has 1 fully saturated rings. The molecule has 1 aliphatic heterocycles. The Balaban J connectivity index is 1.91. The summed E-state index contributed by atoms with van der Waals surface area (Å²) in [5, 5.41) is 3.20. The summed E-state index contributed by atoms with van der Waals surface area (Å²) < 4.78 is 0. The standard InChI is InChI=1S/C17H28N2/c1-14-4-5-15(2)19(12-14)13-17-8-6-16(7-9-17)10-11-18-3/h6-9,14-15,18H,4-5,10-13H2,1-3H3. The third-order valence-corrected chi connectivity index (χ3v) is 4.32. The van der Waals surface area contributed by atoms with Crippen LogP contribution in [0.5, 0.6) is 0 Å². The van der Waals surface area contributed by atoms with E-state index in [9.17, 15) is 0 Å². The van der Waals surface area contributed by atoms with E-state index in [0.29, 0.717) is 0 Å². The van der Waals surface area contributed by atoms with Crippen molar-refractivity contribution in [1.29, 1.82) is 0 Å². The molecule has 0 amide bonds. The summed E-state index contributed by atoms with van der Waals surface area (Å²) in [5.41, 5.74) is 2.88. The van der Waals surface area contributed by atoms with Gasteiger partial charge < -0.3 is 5.32 Å². The Bertz CT molecular complexity index is 371. The summed E-state index contributed by atoms with van der Waals surface area (Å²) in [7, 11) is 2.01. The minimum Gasteiger partial charge on any atom is -0.319 e. The number of piperidine rings is 1. The van der Waals surface area contributed by atoms with Gasteiger partial charge in [-0.3, -0.25) is 4.90 Å². The molecule has 1 N–H and O–H groups in total. The molecular formula is C17H28N2. The fourth-order valence-electron chi connectivity index (χ4n) is 2.92. The summed E-state index contributed by atoms with van der Waals surface area (Å²) in [6, 6.07) is 9.91. The van der Waals surface area contributed by atoms with E-state index in [1.807, 2.05) is 7.05 Å². The molecular weight excluding hydrogens is 232 g/mol. The van der Waals surface area contributed by atoms with Gasteiger partial charge in [-0.15, -0.1) is 0 Å². The molecule has 2 rings (SSSR count). The van der Waals surface area contributed by atoms with Crippen LogP contribution in [0, 0.1) is 5.92 Å². The van der Waals surface area contributed by atoms with Crippen LogP contribution in [-0.4, -0.2) is 31.1 Å². The maximum absolute atomic E-state index is 3.20. The molecule has 1 aromatic rings. The fraction of sp³-hybridized carbons (Fsp3) is 0.647. The van der Waals surface area contributed by atoms with Gasteiger partial charge in [-0.1, -0.05) is 31.2 Å². The Kier molecular flexibility index (Phi) is 5.41. The van der Waals surface area contributed by atoms with Gasteiger partial charge in [0.15, 0.2) is 0 Å². The Morgan fingerprint density at radius 3 is 2.47 bits per heavy atom. The molecule has 2 heteroatoms. The highest BCUT2D eigenvalue weighted by Crippen LogP contribution is 2.23. The molecule has 19 heavy (non-hydrogen) atoms. The predicted octanol–water partition coefficient (Wildman–Crippen LogP) is 3.07. The van der Waals surface area contributed by atoms with Crippen LogP contribution in [0.15, 0.2) is 24.3 Å². The maximum atomic E-state index is 3.20. The fourth-order valence-corrected chi connectivity index (χ4v) is 2.92. The first-order valence-corrected chi connectivity index (χ1v) is 7.65. The van der Waals surface area contributed by atoms with Gasteiger partial charge >= 0.3 is 0 Å². The molecule has 0 bridgehead atoms. The minimum atomic E-state index is 0.736. The molecule has 0 spiro atoms.